The first-order valence-electron chi connectivity index (χ1n) is 11.4. The number of morpholine rings is 1. The molecule has 5 aromatic rings. The van der Waals surface area contributed by atoms with Gasteiger partial charge in [0.1, 0.15) is 23.7 Å². The average molecular weight is 506 g/mol. The number of hydrogen-bond donors (Lipinski definition) is 0. The molecule has 0 unspecified atom stereocenters. The van der Waals surface area contributed by atoms with E-state index in [-0.39, 0.29) is 39.1 Å². The van der Waals surface area contributed by atoms with Crippen LogP contribution in [0, 0.1) is 18.3 Å². The van der Waals surface area contributed by atoms with Crippen LogP contribution in [-0.2, 0) is 11.3 Å². The third-order valence-corrected chi connectivity index (χ3v) is 6.61. The predicted molar refractivity (Wildman–Crippen MR) is 130 cm³/mol. The number of furan rings is 1. The molecule has 5 heterocycles. The van der Waals surface area contributed by atoms with Gasteiger partial charge in [0.15, 0.2) is 11.5 Å². The number of benzene rings is 1. The fourth-order valence-electron chi connectivity index (χ4n) is 4.50. The minimum absolute atomic E-state index is 0.0900. The van der Waals surface area contributed by atoms with Crippen molar-refractivity contribution in [3.8, 4) is 29.2 Å². The van der Waals surface area contributed by atoms with Crippen LogP contribution in [0.5, 0.6) is 0 Å². The number of ether oxygens (including phenoxy) is 1. The molecule has 0 radical (unpaired) electrons. The van der Waals surface area contributed by atoms with E-state index < -0.39 is 0 Å². The van der Waals surface area contributed by atoms with E-state index in [9.17, 15) is 10.1 Å². The van der Waals surface area contributed by atoms with Crippen molar-refractivity contribution in [2.75, 3.05) is 32.8 Å². The Kier molecular flexibility index (Phi) is 5.56. The summed E-state index contributed by atoms with van der Waals surface area (Å²) in [5.41, 5.74) is 1.48. The van der Waals surface area contributed by atoms with Crippen LogP contribution in [0.15, 0.2) is 44.3 Å². The summed E-state index contributed by atoms with van der Waals surface area (Å²) in [5, 5.41) is 14.1. The maximum atomic E-state index is 13.9. The highest BCUT2D eigenvalue weighted by Crippen LogP contribution is 2.29. The Bertz CT molecular complexity index is 1700. The van der Waals surface area contributed by atoms with E-state index in [0.717, 1.165) is 13.1 Å². The molecule has 12 heteroatoms. The standard InChI is InChI=1S/C24H20ClN7O4/c1-14-2-5-18(35-14)22-28-23(36-29-22)19-21-24(33)31(7-6-30-8-10-34-11-9-30)20-15(12-26)16(25)3-4-17(20)32(21)13-27-19/h2-5,13H,6-11H2,1H3. The van der Waals surface area contributed by atoms with Gasteiger partial charge in [-0.1, -0.05) is 16.8 Å². The van der Waals surface area contributed by atoms with E-state index in [1.165, 1.54) is 6.33 Å². The second-order valence-electron chi connectivity index (χ2n) is 8.46. The second kappa shape index (κ2) is 8.91. The Morgan fingerprint density at radius 2 is 1.97 bits per heavy atom. The summed E-state index contributed by atoms with van der Waals surface area (Å²) >= 11 is 6.36. The Morgan fingerprint density at radius 1 is 1.14 bits per heavy atom. The molecule has 1 aromatic carbocycles. The van der Waals surface area contributed by atoms with E-state index in [1.54, 1.807) is 33.2 Å². The molecule has 0 bridgehead atoms. The highest BCUT2D eigenvalue weighted by atomic mass is 35.5. The first-order chi connectivity index (χ1) is 17.5. The van der Waals surface area contributed by atoms with Gasteiger partial charge in [0.25, 0.3) is 11.4 Å². The number of aromatic nitrogens is 5. The van der Waals surface area contributed by atoms with Gasteiger partial charge in [-0.05, 0) is 31.2 Å². The van der Waals surface area contributed by atoms with Gasteiger partial charge < -0.3 is 18.2 Å². The lowest BCUT2D eigenvalue weighted by Gasteiger charge is -2.27. The maximum absolute atomic E-state index is 13.9. The molecule has 1 aliphatic rings. The van der Waals surface area contributed by atoms with Gasteiger partial charge in [-0.3, -0.25) is 14.1 Å². The van der Waals surface area contributed by atoms with Crippen molar-refractivity contribution in [1.82, 2.24) is 29.0 Å². The second-order valence-corrected chi connectivity index (χ2v) is 8.87. The smallest absolute Gasteiger partial charge is 0.279 e. The van der Waals surface area contributed by atoms with Crippen molar-refractivity contribution in [1.29, 1.82) is 5.26 Å². The van der Waals surface area contributed by atoms with E-state index in [2.05, 4.69) is 26.1 Å². The van der Waals surface area contributed by atoms with Gasteiger partial charge in [0.05, 0.1) is 34.8 Å². The summed E-state index contributed by atoms with van der Waals surface area (Å²) in [6.07, 6.45) is 1.51. The number of nitrogens with zero attached hydrogens (tertiary/aromatic N) is 7. The lowest BCUT2D eigenvalue weighted by atomic mass is 10.1. The quantitative estimate of drug-likeness (QED) is 0.354. The predicted octanol–water partition coefficient (Wildman–Crippen LogP) is 3.12. The van der Waals surface area contributed by atoms with Crippen molar-refractivity contribution < 1.29 is 13.7 Å². The van der Waals surface area contributed by atoms with Crippen molar-refractivity contribution in [3.63, 3.8) is 0 Å². The van der Waals surface area contributed by atoms with Gasteiger partial charge in [-0.25, -0.2) is 4.98 Å². The zero-order valence-corrected chi connectivity index (χ0v) is 20.0. The molecule has 6 rings (SSSR count). The molecular weight excluding hydrogens is 486 g/mol. The molecule has 0 spiro atoms. The highest BCUT2D eigenvalue weighted by molar-refractivity contribution is 6.32. The van der Waals surface area contributed by atoms with Crippen molar-refractivity contribution >= 4 is 28.2 Å². The summed E-state index contributed by atoms with van der Waals surface area (Å²) in [6, 6.07) is 9.12. The minimum atomic E-state index is -0.337. The molecule has 0 atom stereocenters. The lowest BCUT2D eigenvalue weighted by molar-refractivity contribution is 0.0364. The molecule has 1 aliphatic heterocycles. The topological polar surface area (TPSA) is 128 Å². The van der Waals surface area contributed by atoms with Crippen LogP contribution in [-0.4, -0.2) is 61.8 Å². The molecule has 1 saturated heterocycles. The molecule has 0 N–H and O–H groups in total. The number of hydrogen-bond acceptors (Lipinski definition) is 9. The summed E-state index contributed by atoms with van der Waals surface area (Å²) in [6.45, 7) is 5.62. The molecule has 11 nitrogen and oxygen atoms in total. The lowest BCUT2D eigenvalue weighted by Crippen LogP contribution is -2.39. The fourth-order valence-corrected chi connectivity index (χ4v) is 4.70. The Labute approximate surface area is 209 Å². The molecule has 0 saturated carbocycles. The normalized spacial score (nSPS) is 14.6. The van der Waals surface area contributed by atoms with Crippen LogP contribution in [0.1, 0.15) is 11.3 Å². The molecule has 182 valence electrons. The van der Waals surface area contributed by atoms with E-state index in [4.69, 9.17) is 25.3 Å². The Balaban J connectivity index is 1.53. The van der Waals surface area contributed by atoms with E-state index in [0.29, 0.717) is 48.9 Å². The third-order valence-electron chi connectivity index (χ3n) is 6.30. The molecule has 4 aromatic heterocycles. The molecule has 0 aliphatic carbocycles. The number of rotatable bonds is 5. The monoisotopic (exact) mass is 505 g/mol. The molecule has 1 fully saturated rings. The van der Waals surface area contributed by atoms with Crippen LogP contribution in [0.2, 0.25) is 5.02 Å². The molecule has 36 heavy (non-hydrogen) atoms. The average Bonchev–Trinajstić information content (AvgIpc) is 3.64. The number of aryl methyl sites for hydroxylation is 1. The zero-order valence-electron chi connectivity index (χ0n) is 19.3. The van der Waals surface area contributed by atoms with Crippen LogP contribution < -0.4 is 5.56 Å². The van der Waals surface area contributed by atoms with Gasteiger partial charge in [-0.15, -0.1) is 0 Å². The zero-order chi connectivity index (χ0) is 24.8. The maximum Gasteiger partial charge on any atom is 0.279 e. The fraction of sp³-hybridized carbons (Fsp3) is 0.292. The summed E-state index contributed by atoms with van der Waals surface area (Å²) in [5.74, 6) is 1.51. The Morgan fingerprint density at radius 3 is 2.72 bits per heavy atom. The van der Waals surface area contributed by atoms with Crippen molar-refractivity contribution in [2.24, 2.45) is 0 Å². The first-order valence-corrected chi connectivity index (χ1v) is 11.8. The number of imidazole rings is 1. The Hall–Kier alpha value is -3.98. The first kappa shape index (κ1) is 22.5. The summed E-state index contributed by atoms with van der Waals surface area (Å²) in [7, 11) is 0. The molecule has 0 amide bonds. The summed E-state index contributed by atoms with van der Waals surface area (Å²) in [4.78, 5) is 25.0. The largest absolute Gasteiger partial charge is 0.458 e. The summed E-state index contributed by atoms with van der Waals surface area (Å²) < 4.78 is 19.7. The number of fused-ring (bicyclic) bond motifs is 3. The highest BCUT2D eigenvalue weighted by Gasteiger charge is 2.24. The van der Waals surface area contributed by atoms with E-state index in [1.807, 2.05) is 6.92 Å². The van der Waals surface area contributed by atoms with Gasteiger partial charge in [0.2, 0.25) is 5.82 Å². The van der Waals surface area contributed by atoms with Crippen molar-refractivity contribution in [3.05, 3.63) is 57.3 Å². The van der Waals surface area contributed by atoms with Gasteiger partial charge in [0, 0.05) is 26.2 Å². The van der Waals surface area contributed by atoms with E-state index >= 15 is 0 Å². The van der Waals surface area contributed by atoms with Gasteiger partial charge >= 0.3 is 0 Å². The van der Waals surface area contributed by atoms with Crippen molar-refractivity contribution in [2.45, 2.75) is 13.5 Å². The number of halogens is 1. The minimum Gasteiger partial charge on any atom is -0.458 e. The van der Waals surface area contributed by atoms with Gasteiger partial charge in [-0.2, -0.15) is 10.2 Å². The van der Waals surface area contributed by atoms with Crippen LogP contribution in [0.4, 0.5) is 0 Å². The van der Waals surface area contributed by atoms with Crippen LogP contribution in [0.25, 0.3) is 39.7 Å². The van der Waals surface area contributed by atoms with Crippen LogP contribution >= 0.6 is 11.6 Å². The third kappa shape index (κ3) is 3.67. The van der Waals surface area contributed by atoms with Crippen LogP contribution in [0.3, 0.4) is 0 Å². The molecular formula is C24H20ClN7O4. The SMILES string of the molecule is Cc1ccc(-c2noc(-c3ncn4c3c(=O)n(CCN3CCOCC3)c3c(C#N)c(Cl)ccc34)n2)o1. The number of nitriles is 1.